The van der Waals surface area contributed by atoms with Crippen LogP contribution >= 0.6 is 11.6 Å². The van der Waals surface area contributed by atoms with E-state index in [0.717, 1.165) is 23.4 Å². The smallest absolute Gasteiger partial charge is 0.0471 e. The lowest BCUT2D eigenvalue weighted by Crippen LogP contribution is -2.23. The van der Waals surface area contributed by atoms with Crippen molar-refractivity contribution in [2.24, 2.45) is 11.8 Å². The summed E-state index contributed by atoms with van der Waals surface area (Å²) in [5.74, 6) is 1.85. The van der Waals surface area contributed by atoms with E-state index in [2.05, 4.69) is 22.3 Å². The van der Waals surface area contributed by atoms with Crippen LogP contribution in [0.3, 0.4) is 0 Å². The fraction of sp³-hybridized carbons (Fsp3) is 0.600. The second kappa shape index (κ2) is 5.10. The molecule has 98 valence electrons. The van der Waals surface area contributed by atoms with Gasteiger partial charge in [0.15, 0.2) is 0 Å². The third kappa shape index (κ3) is 2.12. The molecule has 3 rings (SSSR count). The lowest BCUT2D eigenvalue weighted by atomic mass is 10.0. The first-order valence-electron chi connectivity index (χ1n) is 6.96. The predicted molar refractivity (Wildman–Crippen MR) is 77.3 cm³/mol. The number of benzene rings is 1. The number of nitrogens with zero attached hydrogens (tertiary/aromatic N) is 1. The number of halogens is 1. The van der Waals surface area contributed by atoms with E-state index in [4.69, 9.17) is 11.6 Å². The number of rotatable bonds is 3. The summed E-state index contributed by atoms with van der Waals surface area (Å²) in [4.78, 5) is 2.55. The van der Waals surface area contributed by atoms with E-state index in [1.165, 1.54) is 43.6 Å². The average Bonchev–Trinajstić information content (AvgIpc) is 2.92. The molecule has 3 heteroatoms. The van der Waals surface area contributed by atoms with Crippen LogP contribution in [-0.4, -0.2) is 20.1 Å². The Hall–Kier alpha value is -0.730. The summed E-state index contributed by atoms with van der Waals surface area (Å²) in [5, 5.41) is 4.12. The Kier molecular flexibility index (Phi) is 3.49. The van der Waals surface area contributed by atoms with Gasteiger partial charge in [-0.15, -0.1) is 0 Å². The second-order valence-corrected chi connectivity index (χ2v) is 6.03. The minimum Gasteiger partial charge on any atom is -0.371 e. The highest BCUT2D eigenvalue weighted by Gasteiger charge is 2.36. The van der Waals surface area contributed by atoms with Gasteiger partial charge in [0.25, 0.3) is 0 Å². The van der Waals surface area contributed by atoms with Crippen LogP contribution in [0.25, 0.3) is 0 Å². The Balaban J connectivity index is 1.86. The van der Waals surface area contributed by atoms with Crippen molar-refractivity contribution in [2.75, 3.05) is 25.0 Å². The Bertz CT molecular complexity index is 421. The van der Waals surface area contributed by atoms with Gasteiger partial charge in [0.2, 0.25) is 0 Å². The molecule has 18 heavy (non-hydrogen) atoms. The lowest BCUT2D eigenvalue weighted by molar-refractivity contribution is 0.494. The molecule has 1 saturated heterocycles. The standard InChI is InChI=1S/C15H21ClN2/c1-17-8-13-14(16)6-3-7-15(13)18-9-11-4-2-5-12(11)10-18/h3,6-7,11-12,17H,2,4-5,8-10H2,1H3. The van der Waals surface area contributed by atoms with Gasteiger partial charge in [0.1, 0.15) is 0 Å². The summed E-state index contributed by atoms with van der Waals surface area (Å²) in [6.07, 6.45) is 4.27. The first kappa shape index (κ1) is 12.3. The van der Waals surface area contributed by atoms with Gasteiger partial charge in [-0.3, -0.25) is 0 Å². The van der Waals surface area contributed by atoms with E-state index >= 15 is 0 Å². The van der Waals surface area contributed by atoms with Crippen molar-refractivity contribution in [3.8, 4) is 0 Å². The molecule has 1 saturated carbocycles. The zero-order valence-corrected chi connectivity index (χ0v) is 11.7. The minimum atomic E-state index is 0.848. The quantitative estimate of drug-likeness (QED) is 0.901. The molecule has 1 N–H and O–H groups in total. The molecule has 0 spiro atoms. The van der Waals surface area contributed by atoms with Crippen LogP contribution < -0.4 is 10.2 Å². The third-order valence-corrected chi connectivity index (χ3v) is 4.87. The lowest BCUT2D eigenvalue weighted by Gasteiger charge is -2.23. The van der Waals surface area contributed by atoms with Gasteiger partial charge < -0.3 is 10.2 Å². The molecule has 2 aliphatic rings. The molecule has 0 aromatic heterocycles. The van der Waals surface area contributed by atoms with Gasteiger partial charge in [-0.1, -0.05) is 24.1 Å². The molecule has 0 amide bonds. The van der Waals surface area contributed by atoms with Crippen LogP contribution in [0, 0.1) is 11.8 Å². The average molecular weight is 265 g/mol. The van der Waals surface area contributed by atoms with E-state index in [-0.39, 0.29) is 0 Å². The molecule has 2 atom stereocenters. The van der Waals surface area contributed by atoms with Crippen LogP contribution in [0.15, 0.2) is 18.2 Å². The highest BCUT2D eigenvalue weighted by Crippen LogP contribution is 2.41. The van der Waals surface area contributed by atoms with Crippen LogP contribution in [0.5, 0.6) is 0 Å². The molecular formula is C15H21ClN2. The number of hydrogen-bond donors (Lipinski definition) is 1. The largest absolute Gasteiger partial charge is 0.371 e. The Morgan fingerprint density at radius 1 is 1.28 bits per heavy atom. The third-order valence-electron chi connectivity index (χ3n) is 4.51. The maximum absolute atomic E-state index is 6.34. The molecule has 1 aromatic rings. The fourth-order valence-electron chi connectivity index (χ4n) is 3.63. The molecule has 2 unspecified atom stereocenters. The van der Waals surface area contributed by atoms with Crippen molar-refractivity contribution in [3.05, 3.63) is 28.8 Å². The number of nitrogens with one attached hydrogen (secondary N) is 1. The second-order valence-electron chi connectivity index (χ2n) is 5.62. The molecule has 1 aliphatic carbocycles. The molecular weight excluding hydrogens is 244 g/mol. The highest BCUT2D eigenvalue weighted by molar-refractivity contribution is 6.31. The van der Waals surface area contributed by atoms with Crippen molar-refractivity contribution in [1.29, 1.82) is 0 Å². The first-order chi connectivity index (χ1) is 8.79. The van der Waals surface area contributed by atoms with E-state index in [1.54, 1.807) is 0 Å². The maximum Gasteiger partial charge on any atom is 0.0471 e. The summed E-state index contributed by atoms with van der Waals surface area (Å²) in [5.41, 5.74) is 2.59. The summed E-state index contributed by atoms with van der Waals surface area (Å²) in [6.45, 7) is 3.30. The first-order valence-corrected chi connectivity index (χ1v) is 7.34. The number of hydrogen-bond acceptors (Lipinski definition) is 2. The molecule has 2 fully saturated rings. The number of anilines is 1. The Labute approximate surface area is 114 Å². The van der Waals surface area contributed by atoms with Gasteiger partial charge in [0, 0.05) is 35.9 Å². The zero-order valence-electron chi connectivity index (χ0n) is 11.0. The highest BCUT2D eigenvalue weighted by atomic mass is 35.5. The molecule has 0 radical (unpaired) electrons. The van der Waals surface area contributed by atoms with E-state index in [0.29, 0.717) is 0 Å². The van der Waals surface area contributed by atoms with E-state index in [9.17, 15) is 0 Å². The summed E-state index contributed by atoms with van der Waals surface area (Å²) < 4.78 is 0. The fourth-order valence-corrected chi connectivity index (χ4v) is 3.86. The summed E-state index contributed by atoms with van der Waals surface area (Å²) in [7, 11) is 1.98. The molecule has 0 bridgehead atoms. The van der Waals surface area contributed by atoms with Crippen molar-refractivity contribution >= 4 is 17.3 Å². The molecule has 1 aliphatic heterocycles. The van der Waals surface area contributed by atoms with E-state index in [1.807, 2.05) is 13.1 Å². The molecule has 1 aromatic carbocycles. The van der Waals surface area contributed by atoms with Crippen LogP contribution in [0.2, 0.25) is 5.02 Å². The van der Waals surface area contributed by atoms with Crippen molar-refractivity contribution in [3.63, 3.8) is 0 Å². The van der Waals surface area contributed by atoms with E-state index < -0.39 is 0 Å². The minimum absolute atomic E-state index is 0.848. The summed E-state index contributed by atoms with van der Waals surface area (Å²) in [6, 6.07) is 6.29. The van der Waals surface area contributed by atoms with Crippen molar-refractivity contribution < 1.29 is 0 Å². The maximum atomic E-state index is 6.34. The van der Waals surface area contributed by atoms with Crippen LogP contribution in [0.4, 0.5) is 5.69 Å². The monoisotopic (exact) mass is 264 g/mol. The van der Waals surface area contributed by atoms with Crippen molar-refractivity contribution in [2.45, 2.75) is 25.8 Å². The van der Waals surface area contributed by atoms with Gasteiger partial charge in [-0.2, -0.15) is 0 Å². The van der Waals surface area contributed by atoms with Crippen LogP contribution in [0.1, 0.15) is 24.8 Å². The Morgan fingerprint density at radius 2 is 2.00 bits per heavy atom. The zero-order chi connectivity index (χ0) is 12.5. The molecule has 2 nitrogen and oxygen atoms in total. The topological polar surface area (TPSA) is 15.3 Å². The predicted octanol–water partition coefficient (Wildman–Crippen LogP) is 3.30. The van der Waals surface area contributed by atoms with Crippen LogP contribution in [-0.2, 0) is 6.54 Å². The van der Waals surface area contributed by atoms with Gasteiger partial charge in [-0.05, 0) is 43.9 Å². The SMILES string of the molecule is CNCc1c(Cl)cccc1N1CC2CCCC2C1. The molecule has 1 heterocycles. The number of fused-ring (bicyclic) bond motifs is 1. The summed E-state index contributed by atoms with van der Waals surface area (Å²) >= 11 is 6.34. The van der Waals surface area contributed by atoms with Gasteiger partial charge >= 0.3 is 0 Å². The van der Waals surface area contributed by atoms with Gasteiger partial charge in [0.05, 0.1) is 0 Å². The Morgan fingerprint density at radius 3 is 2.67 bits per heavy atom. The van der Waals surface area contributed by atoms with Gasteiger partial charge in [-0.25, -0.2) is 0 Å². The normalized spacial score (nSPS) is 26.7. The van der Waals surface area contributed by atoms with Crippen molar-refractivity contribution in [1.82, 2.24) is 5.32 Å².